The Balaban J connectivity index is 4.84. The number of aliphatic hydroxyl groups is 2. The summed E-state index contributed by atoms with van der Waals surface area (Å²) in [6, 6.07) is 0. The highest BCUT2D eigenvalue weighted by Crippen LogP contribution is 2.22. The largest absolute Gasteiger partial charge is 0.508 e. The van der Waals surface area contributed by atoms with E-state index in [0.717, 1.165) is 37.5 Å². The first-order valence-corrected chi connectivity index (χ1v) is 9.19. The molecule has 0 aromatic carbocycles. The number of hydrogen-bond donors (Lipinski definition) is 2. The Labute approximate surface area is 158 Å². The summed E-state index contributed by atoms with van der Waals surface area (Å²) >= 11 is 0. The van der Waals surface area contributed by atoms with Crippen LogP contribution in [0.25, 0.3) is 0 Å². The number of ether oxygens (including phenoxy) is 1. The quantitative estimate of drug-likeness (QED) is 0.163. The van der Waals surface area contributed by atoms with Gasteiger partial charge in [0.05, 0.1) is 5.92 Å². The fourth-order valence-corrected chi connectivity index (χ4v) is 2.58. The third-order valence-corrected chi connectivity index (χ3v) is 3.87. The van der Waals surface area contributed by atoms with Crippen LogP contribution >= 0.6 is 0 Å². The monoisotopic (exact) mass is 365 g/mol. The van der Waals surface area contributed by atoms with Gasteiger partial charge in [0, 0.05) is 18.2 Å². The minimum atomic E-state index is -0.471. The Morgan fingerprint density at radius 3 is 2.35 bits per heavy atom. The predicted molar refractivity (Wildman–Crippen MR) is 107 cm³/mol. The zero-order valence-corrected chi connectivity index (χ0v) is 16.9. The molecule has 148 valence electrons. The number of aliphatic hydroxyl groups excluding tert-OH is 2. The van der Waals surface area contributed by atoms with Gasteiger partial charge in [-0.3, -0.25) is 4.79 Å². The van der Waals surface area contributed by atoms with E-state index < -0.39 is 5.60 Å². The minimum absolute atomic E-state index is 0.155. The molecule has 0 rings (SSSR count). The fourth-order valence-electron chi connectivity index (χ4n) is 2.58. The van der Waals surface area contributed by atoms with E-state index in [-0.39, 0.29) is 29.4 Å². The van der Waals surface area contributed by atoms with Crippen LogP contribution in [0.2, 0.25) is 0 Å². The van der Waals surface area contributed by atoms with E-state index in [1.54, 1.807) is 6.08 Å². The molecular weight excluding hydrogens is 330 g/mol. The molecule has 0 spiro atoms. The number of allylic oxidation sites excluding steroid dienone is 2. The van der Waals surface area contributed by atoms with Crippen LogP contribution in [0.3, 0.4) is 0 Å². The van der Waals surface area contributed by atoms with Crippen LogP contribution in [0.4, 0.5) is 0 Å². The van der Waals surface area contributed by atoms with E-state index in [4.69, 9.17) is 9.84 Å². The van der Waals surface area contributed by atoms with E-state index in [2.05, 4.69) is 25.1 Å². The maximum Gasteiger partial charge on any atom is 0.309 e. The van der Waals surface area contributed by atoms with E-state index in [9.17, 15) is 9.90 Å². The third-order valence-electron chi connectivity index (χ3n) is 3.87. The minimum Gasteiger partial charge on any atom is -0.508 e. The molecule has 5 heteroatoms. The number of rotatable bonds is 11. The first kappa shape index (κ1) is 24.0. The zero-order valence-electron chi connectivity index (χ0n) is 16.9. The van der Waals surface area contributed by atoms with Crippen molar-refractivity contribution >= 4 is 11.7 Å². The maximum atomic E-state index is 12.1. The first-order valence-electron chi connectivity index (χ1n) is 9.19. The molecule has 0 heterocycles. The summed E-state index contributed by atoms with van der Waals surface area (Å²) in [6.45, 7) is 16.6. The summed E-state index contributed by atoms with van der Waals surface area (Å²) in [4.78, 5) is 16.3. The molecule has 0 saturated heterocycles. The highest BCUT2D eigenvalue weighted by Gasteiger charge is 2.22. The van der Waals surface area contributed by atoms with E-state index >= 15 is 0 Å². The molecule has 0 aliphatic rings. The number of esters is 1. The predicted octanol–water partition coefficient (Wildman–Crippen LogP) is 5.65. The molecule has 0 aliphatic carbocycles. The number of hydrogen-bond acceptors (Lipinski definition) is 5. The van der Waals surface area contributed by atoms with E-state index in [1.807, 2.05) is 27.7 Å². The summed E-state index contributed by atoms with van der Waals surface area (Å²) in [5.74, 6) is -0.676. The van der Waals surface area contributed by atoms with Gasteiger partial charge in [0.2, 0.25) is 5.88 Å². The summed E-state index contributed by atoms with van der Waals surface area (Å²) < 4.78 is 5.41. The van der Waals surface area contributed by atoms with Crippen LogP contribution in [-0.4, -0.2) is 27.5 Å². The van der Waals surface area contributed by atoms with Gasteiger partial charge in [0.15, 0.2) is 0 Å². The molecule has 0 bridgehead atoms. The van der Waals surface area contributed by atoms with Crippen LogP contribution in [-0.2, 0) is 9.53 Å². The van der Waals surface area contributed by atoms with E-state index in [0.29, 0.717) is 6.42 Å². The van der Waals surface area contributed by atoms with Crippen molar-refractivity contribution in [3.05, 3.63) is 37.0 Å². The second-order valence-corrected chi connectivity index (χ2v) is 7.56. The van der Waals surface area contributed by atoms with Gasteiger partial charge >= 0.3 is 5.97 Å². The number of nitrogens with zero attached hydrogens (tertiary/aromatic N) is 1. The first-order chi connectivity index (χ1) is 12.0. The number of carbonyl (C=O) groups is 1. The van der Waals surface area contributed by atoms with Gasteiger partial charge in [0.1, 0.15) is 11.4 Å². The van der Waals surface area contributed by atoms with Gasteiger partial charge in [-0.15, -0.1) is 6.58 Å². The van der Waals surface area contributed by atoms with Gasteiger partial charge in [-0.05, 0) is 46.0 Å². The van der Waals surface area contributed by atoms with Crippen molar-refractivity contribution in [1.29, 1.82) is 0 Å². The van der Waals surface area contributed by atoms with Crippen LogP contribution in [0.1, 0.15) is 66.7 Å². The van der Waals surface area contributed by atoms with Crippen LogP contribution in [0, 0.1) is 11.8 Å². The third kappa shape index (κ3) is 10.7. The van der Waals surface area contributed by atoms with Crippen molar-refractivity contribution in [2.45, 2.75) is 72.3 Å². The molecule has 0 radical (unpaired) electrons. The normalized spacial score (nSPS) is 15.3. The average Bonchev–Trinajstić information content (AvgIpc) is 2.48. The van der Waals surface area contributed by atoms with Crippen molar-refractivity contribution < 1.29 is 19.7 Å². The molecular formula is C21H35NO4. The van der Waals surface area contributed by atoms with Crippen molar-refractivity contribution in [2.75, 3.05) is 0 Å². The maximum absolute atomic E-state index is 12.1. The zero-order chi connectivity index (χ0) is 20.3. The van der Waals surface area contributed by atoms with Gasteiger partial charge in [-0.2, -0.15) is 0 Å². The second-order valence-electron chi connectivity index (χ2n) is 7.56. The van der Waals surface area contributed by atoms with Crippen LogP contribution < -0.4 is 0 Å². The highest BCUT2D eigenvalue weighted by molar-refractivity contribution is 5.88. The SMILES string of the molecule is C=CCC(=N/C(O)=C\C(=C)O)C(CC)CCCC(C)C(=O)OC(C)(C)C. The van der Waals surface area contributed by atoms with E-state index in [1.165, 1.54) is 0 Å². The molecule has 2 atom stereocenters. The highest BCUT2D eigenvalue weighted by atomic mass is 16.6. The topological polar surface area (TPSA) is 79.1 Å². The van der Waals surface area contributed by atoms with Gasteiger partial charge in [0.25, 0.3) is 0 Å². The lowest BCUT2D eigenvalue weighted by molar-refractivity contribution is -0.159. The smallest absolute Gasteiger partial charge is 0.309 e. The Hall–Kier alpha value is -2.04. The summed E-state index contributed by atoms with van der Waals surface area (Å²) in [5, 5.41) is 18.9. The van der Waals surface area contributed by atoms with Crippen molar-refractivity contribution in [2.24, 2.45) is 16.8 Å². The molecule has 0 amide bonds. The lowest BCUT2D eigenvalue weighted by Gasteiger charge is -2.23. The Bertz CT molecular complexity index is 541. The molecule has 26 heavy (non-hydrogen) atoms. The molecule has 2 unspecified atom stereocenters. The average molecular weight is 366 g/mol. The van der Waals surface area contributed by atoms with Crippen molar-refractivity contribution in [1.82, 2.24) is 0 Å². The molecule has 0 aliphatic heterocycles. The molecule has 5 nitrogen and oxygen atoms in total. The summed E-state index contributed by atoms with van der Waals surface area (Å²) in [7, 11) is 0. The second kappa shape index (κ2) is 11.6. The van der Waals surface area contributed by atoms with Crippen LogP contribution in [0.5, 0.6) is 0 Å². The standard InChI is InChI=1S/C21H35NO4/c1-8-11-18(22-19(24)14-16(4)23)17(9-2)13-10-12-15(3)20(25)26-21(5,6)7/h8,14-15,17,23-24H,1,4,9-13H2,2-3,5-7H3/b19-14+,22-18?. The van der Waals surface area contributed by atoms with Gasteiger partial charge in [-0.25, -0.2) is 4.99 Å². The number of aliphatic imine (C=N–C) groups is 1. The molecule has 0 saturated carbocycles. The van der Waals surface area contributed by atoms with Crippen molar-refractivity contribution in [3.8, 4) is 0 Å². The Kier molecular flexibility index (Phi) is 10.6. The van der Waals surface area contributed by atoms with Crippen LogP contribution in [0.15, 0.2) is 41.9 Å². The van der Waals surface area contributed by atoms with Crippen molar-refractivity contribution in [3.63, 3.8) is 0 Å². The summed E-state index contributed by atoms with van der Waals surface area (Å²) in [6.07, 6.45) is 6.71. The Morgan fingerprint density at radius 2 is 1.88 bits per heavy atom. The molecule has 0 fully saturated rings. The molecule has 0 aromatic rings. The lowest BCUT2D eigenvalue weighted by Crippen LogP contribution is -2.27. The van der Waals surface area contributed by atoms with Gasteiger partial charge < -0.3 is 14.9 Å². The fraction of sp³-hybridized carbons (Fsp3) is 0.619. The summed E-state index contributed by atoms with van der Waals surface area (Å²) in [5.41, 5.74) is 0.337. The Morgan fingerprint density at radius 1 is 1.27 bits per heavy atom. The number of carbonyl (C=O) groups excluding carboxylic acids is 1. The molecule has 0 aromatic heterocycles. The van der Waals surface area contributed by atoms with Gasteiger partial charge in [-0.1, -0.05) is 32.9 Å². The lowest BCUT2D eigenvalue weighted by atomic mass is 9.90. The molecule has 2 N–H and O–H groups in total.